The summed E-state index contributed by atoms with van der Waals surface area (Å²) in [6.07, 6.45) is 5.63. The molecule has 1 saturated heterocycles. The third-order valence-corrected chi connectivity index (χ3v) is 4.93. The lowest BCUT2D eigenvalue weighted by molar-refractivity contribution is -0.132. The molecule has 3 heterocycles. The second-order valence-electron chi connectivity index (χ2n) is 6.50. The number of carbonyl (C=O) groups excluding carboxylic acids is 2. The molecule has 0 spiro atoms. The summed E-state index contributed by atoms with van der Waals surface area (Å²) < 4.78 is 1.65. The molecule has 2 amide bonds. The predicted octanol–water partition coefficient (Wildman–Crippen LogP) is 2.59. The average molecular weight is 396 g/mol. The van der Waals surface area contributed by atoms with Crippen molar-refractivity contribution in [2.24, 2.45) is 5.92 Å². The number of anilines is 1. The van der Waals surface area contributed by atoms with E-state index in [-0.39, 0.29) is 11.8 Å². The van der Waals surface area contributed by atoms with Crippen LogP contribution in [-0.2, 0) is 16.1 Å². The van der Waals surface area contributed by atoms with Crippen molar-refractivity contribution in [1.29, 1.82) is 0 Å². The van der Waals surface area contributed by atoms with Crippen LogP contribution in [0.3, 0.4) is 0 Å². The van der Waals surface area contributed by atoms with E-state index in [0.717, 1.165) is 11.3 Å². The van der Waals surface area contributed by atoms with Crippen LogP contribution in [0.25, 0.3) is 5.82 Å². The summed E-state index contributed by atoms with van der Waals surface area (Å²) in [6.45, 7) is 0.831. The summed E-state index contributed by atoms with van der Waals surface area (Å²) in [7, 11) is 0. The van der Waals surface area contributed by atoms with E-state index in [9.17, 15) is 9.59 Å². The Hall–Kier alpha value is -3.19. The smallest absolute Gasteiger partial charge is 0.239 e. The van der Waals surface area contributed by atoms with E-state index in [1.807, 2.05) is 18.2 Å². The van der Waals surface area contributed by atoms with Crippen LogP contribution in [0.1, 0.15) is 12.0 Å². The Bertz CT molecular complexity index is 988. The number of hydrogen-bond acceptors (Lipinski definition) is 4. The van der Waals surface area contributed by atoms with Gasteiger partial charge in [0.25, 0.3) is 0 Å². The number of pyridine rings is 1. The minimum absolute atomic E-state index is 0.188. The number of hydrogen-bond donors (Lipinski definition) is 1. The lowest BCUT2D eigenvalue weighted by atomic mass is 10.1. The summed E-state index contributed by atoms with van der Waals surface area (Å²) in [5.74, 6) is -0.462. The van der Waals surface area contributed by atoms with Gasteiger partial charge in [0, 0.05) is 42.4 Å². The molecule has 8 heteroatoms. The minimum Gasteiger partial charge on any atom is -0.351 e. The Morgan fingerprint density at radius 3 is 2.79 bits per heavy atom. The molecule has 0 bridgehead atoms. The predicted molar refractivity (Wildman–Crippen MR) is 105 cm³/mol. The molecule has 1 aromatic carbocycles. The molecule has 7 nitrogen and oxygen atoms in total. The molecule has 1 aliphatic heterocycles. The van der Waals surface area contributed by atoms with Crippen molar-refractivity contribution >= 4 is 29.1 Å². The number of benzene rings is 1. The van der Waals surface area contributed by atoms with Gasteiger partial charge in [-0.2, -0.15) is 5.10 Å². The zero-order valence-electron chi connectivity index (χ0n) is 15.0. The molecule has 1 fully saturated rings. The first-order chi connectivity index (χ1) is 13.6. The number of carbonyl (C=O) groups is 2. The zero-order valence-corrected chi connectivity index (χ0v) is 15.7. The van der Waals surface area contributed by atoms with E-state index in [0.29, 0.717) is 30.4 Å². The van der Waals surface area contributed by atoms with Gasteiger partial charge in [0.1, 0.15) is 5.92 Å². The number of aromatic nitrogens is 3. The van der Waals surface area contributed by atoms with E-state index in [4.69, 9.17) is 11.6 Å². The van der Waals surface area contributed by atoms with Gasteiger partial charge in [0.05, 0.1) is 0 Å². The van der Waals surface area contributed by atoms with Gasteiger partial charge in [0.15, 0.2) is 5.82 Å². The van der Waals surface area contributed by atoms with E-state index >= 15 is 0 Å². The maximum absolute atomic E-state index is 12.7. The van der Waals surface area contributed by atoms with Crippen molar-refractivity contribution in [3.05, 3.63) is 71.6 Å². The maximum atomic E-state index is 12.7. The third-order valence-electron chi connectivity index (χ3n) is 4.68. The van der Waals surface area contributed by atoms with Crippen molar-refractivity contribution in [3.63, 3.8) is 0 Å². The monoisotopic (exact) mass is 395 g/mol. The summed E-state index contributed by atoms with van der Waals surface area (Å²) in [5.41, 5.74) is 1.64. The van der Waals surface area contributed by atoms with Crippen LogP contribution in [0.2, 0.25) is 5.02 Å². The highest BCUT2D eigenvalue weighted by molar-refractivity contribution is 6.30. The minimum atomic E-state index is -0.678. The van der Waals surface area contributed by atoms with Crippen LogP contribution in [0.4, 0.5) is 5.69 Å². The van der Waals surface area contributed by atoms with Crippen LogP contribution in [0, 0.1) is 5.92 Å². The summed E-state index contributed by atoms with van der Waals surface area (Å²) >= 11 is 5.90. The van der Waals surface area contributed by atoms with Crippen LogP contribution >= 0.6 is 11.6 Å². The molecule has 28 heavy (non-hydrogen) atoms. The van der Waals surface area contributed by atoms with Gasteiger partial charge in [-0.1, -0.05) is 11.6 Å². The molecule has 3 aromatic rings. The Morgan fingerprint density at radius 2 is 2.04 bits per heavy atom. The molecule has 0 saturated carbocycles. The average Bonchev–Trinajstić information content (AvgIpc) is 3.37. The van der Waals surface area contributed by atoms with Crippen LogP contribution in [0.15, 0.2) is 61.1 Å². The van der Waals surface area contributed by atoms with Gasteiger partial charge in [0.2, 0.25) is 11.8 Å². The zero-order chi connectivity index (χ0) is 19.5. The van der Waals surface area contributed by atoms with Gasteiger partial charge in [-0.05, 0) is 54.4 Å². The SMILES string of the molecule is O=C(NCc1ccnc(-n2cccn2)c1)C1CCN(c2ccc(Cl)cc2)C1=O. The molecule has 1 unspecified atom stereocenters. The first-order valence-corrected chi connectivity index (χ1v) is 9.29. The third kappa shape index (κ3) is 3.75. The number of halogens is 1. The second kappa shape index (κ2) is 7.82. The highest BCUT2D eigenvalue weighted by Crippen LogP contribution is 2.26. The largest absolute Gasteiger partial charge is 0.351 e. The van der Waals surface area contributed by atoms with Crippen LogP contribution < -0.4 is 10.2 Å². The maximum Gasteiger partial charge on any atom is 0.239 e. The molecule has 1 N–H and O–H groups in total. The van der Waals surface area contributed by atoms with Crippen LogP contribution in [-0.4, -0.2) is 33.1 Å². The Kier molecular flexibility index (Phi) is 5.08. The first-order valence-electron chi connectivity index (χ1n) is 8.91. The fourth-order valence-corrected chi connectivity index (χ4v) is 3.34. The van der Waals surface area contributed by atoms with E-state index in [2.05, 4.69) is 15.4 Å². The highest BCUT2D eigenvalue weighted by atomic mass is 35.5. The molecule has 1 atom stereocenters. The summed E-state index contributed by atoms with van der Waals surface area (Å²) in [4.78, 5) is 31.1. The fourth-order valence-electron chi connectivity index (χ4n) is 3.21. The first kappa shape index (κ1) is 18.2. The van der Waals surface area contributed by atoms with Crippen molar-refractivity contribution in [1.82, 2.24) is 20.1 Å². The molecular weight excluding hydrogens is 378 g/mol. The lowest BCUT2D eigenvalue weighted by Crippen LogP contribution is -2.36. The van der Waals surface area contributed by atoms with Crippen molar-refractivity contribution < 1.29 is 9.59 Å². The van der Waals surface area contributed by atoms with Gasteiger partial charge < -0.3 is 10.2 Å². The summed E-state index contributed by atoms with van der Waals surface area (Å²) in [6, 6.07) is 12.5. The van der Waals surface area contributed by atoms with Gasteiger partial charge >= 0.3 is 0 Å². The fraction of sp³-hybridized carbons (Fsp3) is 0.200. The molecule has 1 aliphatic rings. The highest BCUT2D eigenvalue weighted by Gasteiger charge is 2.37. The van der Waals surface area contributed by atoms with E-state index in [1.54, 1.807) is 52.4 Å². The molecular formula is C20H18ClN5O2. The number of amides is 2. The topological polar surface area (TPSA) is 80.1 Å². The molecule has 2 aromatic heterocycles. The quantitative estimate of drug-likeness (QED) is 0.673. The second-order valence-corrected chi connectivity index (χ2v) is 6.93. The van der Waals surface area contributed by atoms with E-state index in [1.165, 1.54) is 0 Å². The van der Waals surface area contributed by atoms with Crippen molar-refractivity contribution in [2.45, 2.75) is 13.0 Å². The molecule has 4 rings (SSSR count). The van der Waals surface area contributed by atoms with Crippen LogP contribution in [0.5, 0.6) is 0 Å². The lowest BCUT2D eigenvalue weighted by Gasteiger charge is -2.17. The number of nitrogens with one attached hydrogen (secondary N) is 1. The normalized spacial score (nSPS) is 16.4. The Labute approximate surface area is 166 Å². The van der Waals surface area contributed by atoms with Gasteiger partial charge in [-0.3, -0.25) is 9.59 Å². The molecule has 0 radical (unpaired) electrons. The number of nitrogens with zero attached hydrogens (tertiary/aromatic N) is 4. The van der Waals surface area contributed by atoms with Crippen molar-refractivity contribution in [3.8, 4) is 5.82 Å². The van der Waals surface area contributed by atoms with Gasteiger partial charge in [-0.25, -0.2) is 9.67 Å². The summed E-state index contributed by atoms with van der Waals surface area (Å²) in [5, 5.41) is 7.61. The molecule has 0 aliphatic carbocycles. The number of rotatable bonds is 5. The Balaban J connectivity index is 1.39. The van der Waals surface area contributed by atoms with Gasteiger partial charge in [-0.15, -0.1) is 0 Å². The standard InChI is InChI=1S/C20H18ClN5O2/c21-15-2-4-16(5-3-15)25-11-7-17(20(25)28)19(27)23-13-14-6-9-22-18(12-14)26-10-1-8-24-26/h1-6,8-10,12,17H,7,11,13H2,(H,23,27). The molecule has 142 valence electrons. The Morgan fingerprint density at radius 1 is 1.21 bits per heavy atom. The van der Waals surface area contributed by atoms with Crippen molar-refractivity contribution in [2.75, 3.05) is 11.4 Å². The van der Waals surface area contributed by atoms with E-state index < -0.39 is 5.92 Å².